The van der Waals surface area contributed by atoms with Gasteiger partial charge in [0.15, 0.2) is 0 Å². The van der Waals surface area contributed by atoms with E-state index in [0.717, 1.165) is 71.8 Å². The zero-order valence-corrected chi connectivity index (χ0v) is 29.5. The molecule has 5 heteroatoms. The van der Waals surface area contributed by atoms with Gasteiger partial charge in [-0.1, -0.05) is 91.0 Å². The van der Waals surface area contributed by atoms with Crippen molar-refractivity contribution in [3.8, 4) is 40.3 Å². The van der Waals surface area contributed by atoms with E-state index in [-0.39, 0.29) is 0 Å². The molecule has 0 amide bonds. The molecule has 3 heterocycles. The van der Waals surface area contributed by atoms with Gasteiger partial charge in [0.05, 0.1) is 62.1 Å². The maximum atomic E-state index is 10.5. The zero-order valence-electron chi connectivity index (χ0n) is 29.5. The van der Waals surface area contributed by atoms with Crippen LogP contribution in [-0.4, -0.2) is 13.7 Å². The Bertz CT molecular complexity index is 3420. The Hall–Kier alpha value is -7.86. The third-order valence-electron chi connectivity index (χ3n) is 11.1. The molecular formula is C50H29N5. The number of hydrogen-bond donors (Lipinski definition) is 0. The summed E-state index contributed by atoms with van der Waals surface area (Å²) in [6, 6.07) is 66.0. The maximum absolute atomic E-state index is 10.5. The van der Waals surface area contributed by atoms with E-state index in [0.29, 0.717) is 11.1 Å². The highest BCUT2D eigenvalue weighted by atomic mass is 15.0. The van der Waals surface area contributed by atoms with Crippen LogP contribution in [0.15, 0.2) is 176 Å². The van der Waals surface area contributed by atoms with Gasteiger partial charge in [-0.25, -0.2) is 0 Å². The van der Waals surface area contributed by atoms with Gasteiger partial charge < -0.3 is 13.7 Å². The van der Waals surface area contributed by atoms with E-state index in [1.54, 1.807) is 0 Å². The maximum Gasteiger partial charge on any atom is 0.0992 e. The van der Waals surface area contributed by atoms with E-state index in [1.807, 2.05) is 36.4 Å². The van der Waals surface area contributed by atoms with Crippen molar-refractivity contribution in [1.82, 2.24) is 13.7 Å². The summed E-state index contributed by atoms with van der Waals surface area (Å²) in [7, 11) is 0. The molecule has 0 aliphatic rings. The Kier molecular flexibility index (Phi) is 6.61. The SMILES string of the molecule is N#Cc1cc(-c2ccccc2-n2c3ccccc3c3cc(C#N)ccc32)cc(-n2c3ccccc3c3cc(-n4c5ccccc5c5ccccc54)ccc32)c1. The Labute approximate surface area is 316 Å². The van der Waals surface area contributed by atoms with Crippen molar-refractivity contribution in [3.63, 3.8) is 0 Å². The van der Waals surface area contributed by atoms with Crippen molar-refractivity contribution in [2.45, 2.75) is 0 Å². The molecule has 0 bridgehead atoms. The van der Waals surface area contributed by atoms with Crippen LogP contribution in [0.25, 0.3) is 93.6 Å². The first-order valence-corrected chi connectivity index (χ1v) is 18.3. The minimum absolute atomic E-state index is 0.580. The van der Waals surface area contributed by atoms with Gasteiger partial charge in [-0.3, -0.25) is 0 Å². The second-order valence-electron chi connectivity index (χ2n) is 14.0. The number of aromatic nitrogens is 3. The van der Waals surface area contributed by atoms with Gasteiger partial charge in [0.25, 0.3) is 0 Å². The van der Waals surface area contributed by atoms with E-state index in [4.69, 9.17) is 0 Å². The van der Waals surface area contributed by atoms with Crippen molar-refractivity contribution >= 4 is 65.4 Å². The normalized spacial score (nSPS) is 11.6. The first-order chi connectivity index (χ1) is 27.2. The lowest BCUT2D eigenvalue weighted by Gasteiger charge is -2.16. The van der Waals surface area contributed by atoms with E-state index in [2.05, 4.69) is 165 Å². The topological polar surface area (TPSA) is 62.4 Å². The molecule has 5 nitrogen and oxygen atoms in total. The smallest absolute Gasteiger partial charge is 0.0992 e. The number of nitrogens with zero attached hydrogens (tertiary/aromatic N) is 5. The summed E-state index contributed by atoms with van der Waals surface area (Å²) in [5.41, 5.74) is 12.7. The molecule has 0 atom stereocenters. The molecule has 11 rings (SSSR count). The highest BCUT2D eigenvalue weighted by molar-refractivity contribution is 6.13. The van der Waals surface area contributed by atoms with Crippen LogP contribution in [0.1, 0.15) is 11.1 Å². The van der Waals surface area contributed by atoms with Crippen molar-refractivity contribution < 1.29 is 0 Å². The summed E-state index contributed by atoms with van der Waals surface area (Å²) < 4.78 is 6.92. The Morgan fingerprint density at radius 1 is 0.327 bits per heavy atom. The summed E-state index contributed by atoms with van der Waals surface area (Å²) in [6.45, 7) is 0. The van der Waals surface area contributed by atoms with Crippen molar-refractivity contribution in [3.05, 3.63) is 187 Å². The van der Waals surface area contributed by atoms with Crippen LogP contribution in [0.3, 0.4) is 0 Å². The third kappa shape index (κ3) is 4.51. The van der Waals surface area contributed by atoms with Crippen LogP contribution in [0, 0.1) is 22.7 Å². The second kappa shape index (κ2) is 11.8. The molecule has 254 valence electrons. The standard InChI is InChI=1S/C50H29N5/c51-30-32-21-23-50-42(27-32)40-14-5-10-20-48(40)55(50)44-16-6-1-11-37(44)34-25-33(31-52)26-36(28-34)54-47-19-9-4-15-41(47)43-29-35(22-24-49(43)54)53-45-17-7-2-12-38(45)39-13-3-8-18-46(39)53/h1-29H. The van der Waals surface area contributed by atoms with E-state index >= 15 is 0 Å². The minimum atomic E-state index is 0.580. The molecule has 3 aromatic heterocycles. The molecule has 0 N–H and O–H groups in total. The summed E-state index contributed by atoms with van der Waals surface area (Å²) in [4.78, 5) is 0. The molecule has 55 heavy (non-hydrogen) atoms. The molecule has 0 saturated carbocycles. The first-order valence-electron chi connectivity index (χ1n) is 18.3. The minimum Gasteiger partial charge on any atom is -0.309 e. The molecule has 11 aromatic rings. The summed E-state index contributed by atoms with van der Waals surface area (Å²) in [6.07, 6.45) is 0. The zero-order chi connectivity index (χ0) is 36.6. The number of rotatable bonds is 4. The Morgan fingerprint density at radius 3 is 1.44 bits per heavy atom. The molecule has 0 spiro atoms. The largest absolute Gasteiger partial charge is 0.309 e. The fourth-order valence-electron chi connectivity index (χ4n) is 8.75. The fraction of sp³-hybridized carbons (Fsp3) is 0. The molecule has 0 aliphatic carbocycles. The lowest BCUT2D eigenvalue weighted by atomic mass is 10.00. The van der Waals surface area contributed by atoms with Gasteiger partial charge in [-0.2, -0.15) is 10.5 Å². The number of hydrogen-bond acceptors (Lipinski definition) is 2. The average molecular weight is 700 g/mol. The molecular weight excluding hydrogens is 671 g/mol. The Balaban J connectivity index is 1.14. The molecule has 0 unspecified atom stereocenters. The van der Waals surface area contributed by atoms with Crippen LogP contribution in [0.4, 0.5) is 0 Å². The molecule has 0 radical (unpaired) electrons. The van der Waals surface area contributed by atoms with Crippen molar-refractivity contribution in [2.24, 2.45) is 0 Å². The van der Waals surface area contributed by atoms with Crippen LogP contribution in [0.2, 0.25) is 0 Å². The highest BCUT2D eigenvalue weighted by Gasteiger charge is 2.20. The van der Waals surface area contributed by atoms with Gasteiger partial charge in [-0.15, -0.1) is 0 Å². The van der Waals surface area contributed by atoms with Gasteiger partial charge in [0.1, 0.15) is 0 Å². The number of para-hydroxylation sites is 5. The molecule has 0 fully saturated rings. The van der Waals surface area contributed by atoms with Gasteiger partial charge >= 0.3 is 0 Å². The summed E-state index contributed by atoms with van der Waals surface area (Å²) in [5, 5.41) is 27.0. The summed E-state index contributed by atoms with van der Waals surface area (Å²) >= 11 is 0. The lowest BCUT2D eigenvalue weighted by molar-refractivity contribution is 1.16. The first kappa shape index (κ1) is 30.7. The van der Waals surface area contributed by atoms with Gasteiger partial charge in [0, 0.05) is 49.3 Å². The van der Waals surface area contributed by atoms with Gasteiger partial charge in [-0.05, 0) is 90.5 Å². The number of nitriles is 2. The van der Waals surface area contributed by atoms with Crippen LogP contribution in [-0.2, 0) is 0 Å². The third-order valence-corrected chi connectivity index (χ3v) is 11.1. The average Bonchev–Trinajstić information content (AvgIpc) is 3.88. The monoisotopic (exact) mass is 699 g/mol. The predicted molar refractivity (Wildman–Crippen MR) is 224 cm³/mol. The van der Waals surface area contributed by atoms with E-state index in [1.165, 1.54) is 21.8 Å². The van der Waals surface area contributed by atoms with Crippen LogP contribution < -0.4 is 0 Å². The molecule has 8 aromatic carbocycles. The van der Waals surface area contributed by atoms with E-state index in [9.17, 15) is 10.5 Å². The Morgan fingerprint density at radius 2 is 0.800 bits per heavy atom. The lowest BCUT2D eigenvalue weighted by Crippen LogP contribution is -1.99. The van der Waals surface area contributed by atoms with Crippen LogP contribution in [0.5, 0.6) is 0 Å². The fourth-order valence-corrected chi connectivity index (χ4v) is 8.75. The molecule has 0 saturated heterocycles. The predicted octanol–water partition coefficient (Wildman–Crippen LogP) is 12.4. The quantitative estimate of drug-likeness (QED) is 0.184. The van der Waals surface area contributed by atoms with Gasteiger partial charge in [0.2, 0.25) is 0 Å². The van der Waals surface area contributed by atoms with Crippen molar-refractivity contribution in [2.75, 3.05) is 0 Å². The molecule has 0 aliphatic heterocycles. The number of fused-ring (bicyclic) bond motifs is 9. The number of benzene rings is 8. The second-order valence-corrected chi connectivity index (χ2v) is 14.0. The van der Waals surface area contributed by atoms with Crippen LogP contribution >= 0.6 is 0 Å². The highest BCUT2D eigenvalue weighted by Crippen LogP contribution is 2.40. The van der Waals surface area contributed by atoms with E-state index < -0.39 is 0 Å². The van der Waals surface area contributed by atoms with Crippen molar-refractivity contribution in [1.29, 1.82) is 10.5 Å². The summed E-state index contributed by atoms with van der Waals surface area (Å²) in [5.74, 6) is 0.